The molecule has 3 heterocycles. The maximum atomic E-state index is 12.8. The van der Waals surface area contributed by atoms with Crippen molar-refractivity contribution in [1.82, 2.24) is 19.6 Å². The predicted molar refractivity (Wildman–Crippen MR) is 88.5 cm³/mol. The minimum atomic E-state index is -4.57. The molecular weight excluding hydrogens is 371 g/mol. The lowest BCUT2D eigenvalue weighted by molar-refractivity contribution is -0.141. The molecule has 1 N–H and O–H groups in total. The summed E-state index contributed by atoms with van der Waals surface area (Å²) < 4.78 is 63.5. The highest BCUT2D eigenvalue weighted by Gasteiger charge is 2.34. The summed E-state index contributed by atoms with van der Waals surface area (Å²) in [6.45, 7) is 1.52. The highest BCUT2D eigenvalue weighted by molar-refractivity contribution is 7.91. The topological polar surface area (TPSA) is 89.2 Å². The molecule has 0 amide bonds. The molecule has 3 aromatic rings. The molecule has 138 valence electrons. The van der Waals surface area contributed by atoms with Gasteiger partial charge in [0.15, 0.2) is 21.2 Å². The number of fused-ring (bicyclic) bond motifs is 1. The second-order valence-electron chi connectivity index (χ2n) is 5.34. The van der Waals surface area contributed by atoms with Crippen LogP contribution in [0, 0.1) is 0 Å². The number of alkyl halides is 3. The molecule has 11 heteroatoms. The second-order valence-corrected chi connectivity index (χ2v) is 7.59. The number of pyridine rings is 1. The number of halogens is 3. The third-order valence-electron chi connectivity index (χ3n) is 3.69. The van der Waals surface area contributed by atoms with Crippen LogP contribution in [0.25, 0.3) is 17.0 Å². The molecule has 0 saturated carbocycles. The Kier molecular flexibility index (Phi) is 4.34. The highest BCUT2D eigenvalue weighted by Crippen LogP contribution is 2.29. The molecule has 7 nitrogen and oxygen atoms in total. The van der Waals surface area contributed by atoms with Crippen LogP contribution in [0.2, 0.25) is 0 Å². The second kappa shape index (κ2) is 6.24. The normalized spacial score (nSPS) is 12.5. The minimum absolute atomic E-state index is 0.00730. The lowest BCUT2D eigenvalue weighted by atomic mass is 10.2. The molecule has 0 spiro atoms. The van der Waals surface area contributed by atoms with Gasteiger partial charge in [0.05, 0.1) is 17.1 Å². The zero-order valence-corrected chi connectivity index (χ0v) is 14.6. The summed E-state index contributed by atoms with van der Waals surface area (Å²) in [5.74, 6) is 0.0682. The fourth-order valence-electron chi connectivity index (χ4n) is 2.34. The van der Waals surface area contributed by atoms with Crippen molar-refractivity contribution in [3.63, 3.8) is 0 Å². The Balaban J connectivity index is 2.09. The molecule has 26 heavy (non-hydrogen) atoms. The van der Waals surface area contributed by atoms with E-state index in [2.05, 4.69) is 20.4 Å². The first-order valence-corrected chi connectivity index (χ1v) is 9.16. The van der Waals surface area contributed by atoms with Gasteiger partial charge < -0.3 is 5.32 Å². The van der Waals surface area contributed by atoms with E-state index < -0.39 is 21.7 Å². The third kappa shape index (κ3) is 3.21. The van der Waals surface area contributed by atoms with Crippen LogP contribution in [0.5, 0.6) is 0 Å². The lowest BCUT2D eigenvalue weighted by Crippen LogP contribution is -2.09. The maximum absolute atomic E-state index is 12.8. The van der Waals surface area contributed by atoms with E-state index in [1.807, 2.05) is 0 Å². The van der Waals surface area contributed by atoms with Gasteiger partial charge in [-0.2, -0.15) is 18.3 Å². The first kappa shape index (κ1) is 18.1. The van der Waals surface area contributed by atoms with Crippen LogP contribution < -0.4 is 5.32 Å². The summed E-state index contributed by atoms with van der Waals surface area (Å²) in [4.78, 5) is 8.41. The number of rotatable bonds is 4. The summed E-state index contributed by atoms with van der Waals surface area (Å²) in [6, 6.07) is 5.15. The number of nitrogens with zero attached hydrogens (tertiary/aromatic N) is 4. The Bertz CT molecular complexity index is 1080. The van der Waals surface area contributed by atoms with Gasteiger partial charge in [-0.1, -0.05) is 6.92 Å². The van der Waals surface area contributed by atoms with E-state index in [0.717, 1.165) is 10.6 Å². The molecule has 0 aromatic carbocycles. The van der Waals surface area contributed by atoms with Gasteiger partial charge in [-0.25, -0.2) is 22.9 Å². The number of aromatic nitrogens is 4. The Labute approximate surface area is 146 Å². The molecule has 0 radical (unpaired) electrons. The number of hydrogen-bond donors (Lipinski definition) is 1. The van der Waals surface area contributed by atoms with E-state index in [9.17, 15) is 21.6 Å². The Hall–Kier alpha value is -2.69. The molecular formula is C15H14F3N5O2S. The molecule has 3 aromatic heterocycles. The SMILES string of the molecule is CCS(=O)(=O)c1ccc(-c2ccn3nc(C(F)(F)F)cc3n2)nc1NC. The van der Waals surface area contributed by atoms with Gasteiger partial charge >= 0.3 is 6.18 Å². The largest absolute Gasteiger partial charge is 0.435 e. The van der Waals surface area contributed by atoms with Crippen LogP contribution in [-0.4, -0.2) is 40.8 Å². The Morgan fingerprint density at radius 1 is 1.15 bits per heavy atom. The summed E-state index contributed by atoms with van der Waals surface area (Å²) in [6.07, 6.45) is -3.23. The number of nitrogens with one attached hydrogen (secondary N) is 1. The summed E-state index contributed by atoms with van der Waals surface area (Å²) >= 11 is 0. The summed E-state index contributed by atoms with van der Waals surface area (Å²) in [5, 5.41) is 6.15. The molecule has 3 rings (SSSR count). The van der Waals surface area contributed by atoms with Crippen molar-refractivity contribution in [2.24, 2.45) is 0 Å². The molecule has 0 atom stereocenters. The van der Waals surface area contributed by atoms with Crippen LogP contribution in [0.15, 0.2) is 35.4 Å². The lowest BCUT2D eigenvalue weighted by Gasteiger charge is -2.10. The summed E-state index contributed by atoms with van der Waals surface area (Å²) in [7, 11) is -1.94. The number of anilines is 1. The van der Waals surface area contributed by atoms with E-state index in [-0.39, 0.29) is 22.1 Å². The van der Waals surface area contributed by atoms with Gasteiger partial charge in [-0.05, 0) is 18.2 Å². The van der Waals surface area contributed by atoms with Gasteiger partial charge in [0.2, 0.25) is 0 Å². The third-order valence-corrected chi connectivity index (χ3v) is 5.45. The zero-order chi connectivity index (χ0) is 19.1. The van der Waals surface area contributed by atoms with Crippen molar-refractivity contribution in [1.29, 1.82) is 0 Å². The average molecular weight is 385 g/mol. The molecule has 0 bridgehead atoms. The van der Waals surface area contributed by atoms with Crippen molar-refractivity contribution < 1.29 is 21.6 Å². The van der Waals surface area contributed by atoms with E-state index in [4.69, 9.17) is 0 Å². The Morgan fingerprint density at radius 2 is 1.85 bits per heavy atom. The van der Waals surface area contributed by atoms with Crippen LogP contribution in [0.1, 0.15) is 12.6 Å². The van der Waals surface area contributed by atoms with Crippen LogP contribution in [-0.2, 0) is 16.0 Å². The van der Waals surface area contributed by atoms with Crippen molar-refractivity contribution in [3.8, 4) is 11.4 Å². The van der Waals surface area contributed by atoms with E-state index in [1.54, 1.807) is 0 Å². The first-order valence-electron chi connectivity index (χ1n) is 7.51. The van der Waals surface area contributed by atoms with Crippen LogP contribution in [0.4, 0.5) is 19.0 Å². The molecule has 0 aliphatic rings. The van der Waals surface area contributed by atoms with E-state index in [1.165, 1.54) is 38.4 Å². The molecule has 0 fully saturated rings. The quantitative estimate of drug-likeness (QED) is 0.743. The number of hydrogen-bond acceptors (Lipinski definition) is 6. The fraction of sp³-hybridized carbons (Fsp3) is 0.267. The molecule has 0 aliphatic heterocycles. The standard InChI is InChI=1S/C15H14F3N5O2S/c1-3-26(24,25)11-5-4-9(21-14(11)19-2)10-6-7-23-13(20-10)8-12(22-23)15(16,17)18/h4-8H,3H2,1-2H3,(H,19,21). The van der Waals surface area contributed by atoms with Crippen molar-refractivity contribution in [2.45, 2.75) is 18.0 Å². The smallest absolute Gasteiger partial charge is 0.372 e. The molecule has 0 saturated heterocycles. The van der Waals surface area contributed by atoms with Gasteiger partial charge in [0, 0.05) is 19.3 Å². The van der Waals surface area contributed by atoms with Crippen molar-refractivity contribution >= 4 is 21.3 Å². The number of sulfone groups is 1. The minimum Gasteiger partial charge on any atom is -0.372 e. The van der Waals surface area contributed by atoms with Gasteiger partial charge in [0.25, 0.3) is 0 Å². The monoisotopic (exact) mass is 385 g/mol. The molecule has 0 unspecified atom stereocenters. The Morgan fingerprint density at radius 3 is 2.46 bits per heavy atom. The van der Waals surface area contributed by atoms with Gasteiger partial charge in [-0.15, -0.1) is 0 Å². The van der Waals surface area contributed by atoms with Crippen LogP contribution in [0.3, 0.4) is 0 Å². The van der Waals surface area contributed by atoms with Crippen LogP contribution >= 0.6 is 0 Å². The fourth-order valence-corrected chi connectivity index (χ4v) is 3.36. The highest BCUT2D eigenvalue weighted by atomic mass is 32.2. The average Bonchev–Trinajstić information content (AvgIpc) is 3.04. The van der Waals surface area contributed by atoms with Gasteiger partial charge in [-0.3, -0.25) is 0 Å². The van der Waals surface area contributed by atoms with Crippen molar-refractivity contribution in [2.75, 3.05) is 18.1 Å². The first-order chi connectivity index (χ1) is 12.2. The zero-order valence-electron chi connectivity index (χ0n) is 13.7. The maximum Gasteiger partial charge on any atom is 0.435 e. The van der Waals surface area contributed by atoms with E-state index >= 15 is 0 Å². The van der Waals surface area contributed by atoms with Gasteiger partial charge in [0.1, 0.15) is 10.7 Å². The van der Waals surface area contributed by atoms with E-state index in [0.29, 0.717) is 11.4 Å². The molecule has 0 aliphatic carbocycles. The van der Waals surface area contributed by atoms with Crippen molar-refractivity contribution in [3.05, 3.63) is 36.2 Å². The summed E-state index contributed by atoms with van der Waals surface area (Å²) in [5.41, 5.74) is -0.423. The predicted octanol–water partition coefficient (Wildman–Crippen LogP) is 2.65.